The predicted molar refractivity (Wildman–Crippen MR) is 69.9 cm³/mol. The molecule has 4 heteroatoms. The Hall–Kier alpha value is -1.03. The average molecular weight is 271 g/mol. The van der Waals surface area contributed by atoms with E-state index >= 15 is 0 Å². The van der Waals surface area contributed by atoms with Gasteiger partial charge < -0.3 is 0 Å². The molecule has 1 aromatic rings. The maximum absolute atomic E-state index is 12.6. The minimum atomic E-state index is -4.25. The quantitative estimate of drug-likeness (QED) is 0.769. The Balaban J connectivity index is 2.33. The molecule has 0 saturated heterocycles. The summed E-state index contributed by atoms with van der Waals surface area (Å²) in [5.41, 5.74) is 0.341. The predicted octanol–water partition coefficient (Wildman–Crippen LogP) is 4.43. The van der Waals surface area contributed by atoms with E-state index in [1.54, 1.807) is 12.1 Å². The Morgan fingerprint density at radius 1 is 0.947 bits per heavy atom. The molecule has 106 valence electrons. The fourth-order valence-corrected chi connectivity index (χ4v) is 3.10. The first kappa shape index (κ1) is 14.4. The number of benzene rings is 1. The second-order valence-electron chi connectivity index (χ2n) is 5.56. The van der Waals surface area contributed by atoms with Crippen LogP contribution in [0.1, 0.15) is 43.2 Å². The van der Waals surface area contributed by atoms with Crippen LogP contribution in [0.15, 0.2) is 24.3 Å². The highest BCUT2D eigenvalue weighted by Gasteiger charge is 2.37. The van der Waals surface area contributed by atoms with Crippen LogP contribution in [-0.4, -0.2) is 19.0 Å². The number of hydrogen-bond donors (Lipinski definition) is 0. The zero-order valence-electron chi connectivity index (χ0n) is 11.4. The molecule has 0 radical (unpaired) electrons. The van der Waals surface area contributed by atoms with Crippen molar-refractivity contribution in [2.45, 2.75) is 43.8 Å². The van der Waals surface area contributed by atoms with E-state index in [0.29, 0.717) is 0 Å². The largest absolute Gasteiger partial charge is 0.416 e. The molecule has 0 spiro atoms. The molecule has 1 saturated carbocycles. The van der Waals surface area contributed by atoms with E-state index in [1.165, 1.54) is 18.6 Å². The SMILES string of the molecule is CN(C)C1(c2ccc(C(F)(F)F)cc2)CCCCC1. The van der Waals surface area contributed by atoms with Gasteiger partial charge in [-0.3, -0.25) is 4.90 Å². The summed E-state index contributed by atoms with van der Waals surface area (Å²) in [5.74, 6) is 0. The Kier molecular flexibility index (Phi) is 3.90. The molecule has 1 fully saturated rings. The van der Waals surface area contributed by atoms with Crippen molar-refractivity contribution in [1.82, 2.24) is 4.90 Å². The molecule has 0 N–H and O–H groups in total. The molecule has 0 aromatic heterocycles. The van der Waals surface area contributed by atoms with Crippen molar-refractivity contribution in [1.29, 1.82) is 0 Å². The smallest absolute Gasteiger partial charge is 0.300 e. The van der Waals surface area contributed by atoms with Crippen molar-refractivity contribution in [3.8, 4) is 0 Å². The fourth-order valence-electron chi connectivity index (χ4n) is 3.10. The molecule has 0 bridgehead atoms. The fraction of sp³-hybridized carbons (Fsp3) is 0.600. The monoisotopic (exact) mass is 271 g/mol. The summed E-state index contributed by atoms with van der Waals surface area (Å²) < 4.78 is 37.8. The Morgan fingerprint density at radius 2 is 1.47 bits per heavy atom. The van der Waals surface area contributed by atoms with Crippen LogP contribution in [0.4, 0.5) is 13.2 Å². The van der Waals surface area contributed by atoms with Crippen LogP contribution in [0, 0.1) is 0 Å². The van der Waals surface area contributed by atoms with Crippen molar-refractivity contribution >= 4 is 0 Å². The minimum absolute atomic E-state index is 0.0949. The zero-order chi connectivity index (χ0) is 14.1. The van der Waals surface area contributed by atoms with Crippen molar-refractivity contribution in [2.24, 2.45) is 0 Å². The maximum Gasteiger partial charge on any atom is 0.416 e. The Morgan fingerprint density at radius 3 is 1.89 bits per heavy atom. The van der Waals surface area contributed by atoms with Gasteiger partial charge in [0.25, 0.3) is 0 Å². The molecule has 0 heterocycles. The van der Waals surface area contributed by atoms with E-state index in [0.717, 1.165) is 31.2 Å². The van der Waals surface area contributed by atoms with Crippen LogP contribution < -0.4 is 0 Å². The van der Waals surface area contributed by atoms with E-state index < -0.39 is 11.7 Å². The molecule has 19 heavy (non-hydrogen) atoms. The summed E-state index contributed by atoms with van der Waals surface area (Å²) in [6.45, 7) is 0. The van der Waals surface area contributed by atoms with E-state index in [9.17, 15) is 13.2 Å². The first-order valence-electron chi connectivity index (χ1n) is 6.71. The third-order valence-electron chi connectivity index (χ3n) is 4.29. The van der Waals surface area contributed by atoms with Crippen LogP contribution in [0.5, 0.6) is 0 Å². The van der Waals surface area contributed by atoms with Gasteiger partial charge in [0, 0.05) is 5.54 Å². The normalized spacial score (nSPS) is 19.7. The molecule has 0 unspecified atom stereocenters. The summed E-state index contributed by atoms with van der Waals surface area (Å²) in [6, 6.07) is 5.70. The first-order valence-corrected chi connectivity index (χ1v) is 6.71. The van der Waals surface area contributed by atoms with Crippen LogP contribution >= 0.6 is 0 Å². The summed E-state index contributed by atoms with van der Waals surface area (Å²) in [7, 11) is 4.03. The van der Waals surface area contributed by atoms with Gasteiger partial charge in [0.05, 0.1) is 5.56 Å². The number of nitrogens with zero attached hydrogens (tertiary/aromatic N) is 1. The molecule has 1 nitrogen and oxygen atoms in total. The highest BCUT2D eigenvalue weighted by Crippen LogP contribution is 2.41. The zero-order valence-corrected chi connectivity index (χ0v) is 11.4. The molecule has 0 amide bonds. The van der Waals surface area contributed by atoms with E-state index in [1.807, 2.05) is 14.1 Å². The van der Waals surface area contributed by atoms with Crippen LogP contribution in [0.3, 0.4) is 0 Å². The van der Waals surface area contributed by atoms with Crippen molar-refractivity contribution in [3.05, 3.63) is 35.4 Å². The molecule has 0 aliphatic heterocycles. The van der Waals surface area contributed by atoms with Gasteiger partial charge >= 0.3 is 6.18 Å². The standard InChI is InChI=1S/C15H20F3N/c1-19(2)14(10-4-3-5-11-14)12-6-8-13(9-7-12)15(16,17)18/h6-9H,3-5,10-11H2,1-2H3. The van der Waals surface area contributed by atoms with E-state index in [-0.39, 0.29) is 5.54 Å². The molecule has 1 aliphatic carbocycles. The van der Waals surface area contributed by atoms with E-state index in [2.05, 4.69) is 4.90 Å². The van der Waals surface area contributed by atoms with Gasteiger partial charge in [0.15, 0.2) is 0 Å². The van der Waals surface area contributed by atoms with Gasteiger partial charge in [-0.15, -0.1) is 0 Å². The number of rotatable bonds is 2. The number of hydrogen-bond acceptors (Lipinski definition) is 1. The molecule has 2 rings (SSSR count). The maximum atomic E-state index is 12.6. The van der Waals surface area contributed by atoms with Gasteiger partial charge in [0.2, 0.25) is 0 Å². The number of alkyl halides is 3. The molecular formula is C15H20F3N. The lowest BCUT2D eigenvalue weighted by Gasteiger charge is -2.43. The van der Waals surface area contributed by atoms with Crippen molar-refractivity contribution in [2.75, 3.05) is 14.1 Å². The topological polar surface area (TPSA) is 3.24 Å². The second-order valence-corrected chi connectivity index (χ2v) is 5.56. The Bertz CT molecular complexity index is 414. The van der Waals surface area contributed by atoms with Crippen molar-refractivity contribution in [3.63, 3.8) is 0 Å². The van der Waals surface area contributed by atoms with Gasteiger partial charge in [0.1, 0.15) is 0 Å². The summed E-state index contributed by atoms with van der Waals surface area (Å²) >= 11 is 0. The highest BCUT2D eigenvalue weighted by molar-refractivity contribution is 5.30. The second kappa shape index (κ2) is 5.16. The van der Waals surface area contributed by atoms with Crippen LogP contribution in [-0.2, 0) is 11.7 Å². The van der Waals surface area contributed by atoms with Gasteiger partial charge in [-0.1, -0.05) is 31.4 Å². The summed E-state index contributed by atoms with van der Waals surface area (Å²) in [4.78, 5) is 2.16. The van der Waals surface area contributed by atoms with Crippen molar-refractivity contribution < 1.29 is 13.2 Å². The van der Waals surface area contributed by atoms with E-state index in [4.69, 9.17) is 0 Å². The highest BCUT2D eigenvalue weighted by atomic mass is 19.4. The van der Waals surface area contributed by atoms with Crippen LogP contribution in [0.2, 0.25) is 0 Å². The molecule has 1 aliphatic rings. The summed E-state index contributed by atoms with van der Waals surface area (Å²) in [6.07, 6.45) is 1.28. The number of halogens is 3. The molecular weight excluding hydrogens is 251 g/mol. The first-order chi connectivity index (χ1) is 8.86. The van der Waals surface area contributed by atoms with Gasteiger partial charge in [-0.05, 0) is 44.6 Å². The molecule has 1 aromatic carbocycles. The third kappa shape index (κ3) is 2.78. The lowest BCUT2D eigenvalue weighted by atomic mass is 9.75. The third-order valence-corrected chi connectivity index (χ3v) is 4.29. The van der Waals surface area contributed by atoms with Gasteiger partial charge in [-0.2, -0.15) is 13.2 Å². The average Bonchev–Trinajstić information content (AvgIpc) is 2.38. The van der Waals surface area contributed by atoms with Crippen LogP contribution in [0.25, 0.3) is 0 Å². The van der Waals surface area contributed by atoms with Gasteiger partial charge in [-0.25, -0.2) is 0 Å². The lowest BCUT2D eigenvalue weighted by Crippen LogP contribution is -2.43. The Labute approximate surface area is 112 Å². The molecule has 0 atom stereocenters. The minimum Gasteiger partial charge on any atom is -0.300 e. The summed E-state index contributed by atoms with van der Waals surface area (Å²) in [5, 5.41) is 0. The lowest BCUT2D eigenvalue weighted by molar-refractivity contribution is -0.137.